The minimum Gasteiger partial charge on any atom is -0.493 e. The molecule has 7 nitrogen and oxygen atoms in total. The Morgan fingerprint density at radius 1 is 1.19 bits per heavy atom. The van der Waals surface area contributed by atoms with Crippen molar-refractivity contribution in [2.45, 2.75) is 30.8 Å². The Morgan fingerprint density at radius 2 is 1.94 bits per heavy atom. The van der Waals surface area contributed by atoms with Gasteiger partial charge in [-0.3, -0.25) is 4.79 Å². The van der Waals surface area contributed by atoms with Gasteiger partial charge in [0.2, 0.25) is 11.1 Å². The van der Waals surface area contributed by atoms with Crippen molar-refractivity contribution in [2.24, 2.45) is 0 Å². The lowest BCUT2D eigenvalue weighted by molar-refractivity contribution is -0.114. The number of anilines is 1. The highest BCUT2D eigenvalue weighted by Gasteiger charge is 2.33. The third-order valence-electron chi connectivity index (χ3n) is 5.25. The summed E-state index contributed by atoms with van der Waals surface area (Å²) in [7, 11) is 3.17. The van der Waals surface area contributed by atoms with Crippen LogP contribution in [0.2, 0.25) is 5.02 Å². The predicted molar refractivity (Wildman–Crippen MR) is 126 cm³/mol. The second-order valence-corrected chi connectivity index (χ2v) is 8.63. The number of halogens is 1. The number of carbonyl (C=O) groups is 1. The second kappa shape index (κ2) is 9.26. The third-order valence-corrected chi connectivity index (χ3v) is 6.51. The van der Waals surface area contributed by atoms with E-state index in [4.69, 9.17) is 26.2 Å². The molecular formula is C23H23ClN4O3S. The van der Waals surface area contributed by atoms with Gasteiger partial charge in [-0.1, -0.05) is 47.6 Å². The lowest BCUT2D eigenvalue weighted by Gasteiger charge is -2.28. The van der Waals surface area contributed by atoms with Crippen LogP contribution in [0.3, 0.4) is 0 Å². The molecular weight excluding hydrogens is 448 g/mol. The van der Waals surface area contributed by atoms with E-state index in [9.17, 15) is 4.79 Å². The first-order valence-corrected chi connectivity index (χ1v) is 11.3. The molecule has 0 spiro atoms. The Morgan fingerprint density at radius 3 is 2.62 bits per heavy atom. The minimum atomic E-state index is -0.439. The molecule has 4 rings (SSSR count). The molecule has 1 aliphatic rings. The van der Waals surface area contributed by atoms with E-state index in [1.165, 1.54) is 11.8 Å². The Balaban J connectivity index is 1.73. The first-order chi connectivity index (χ1) is 15.4. The third kappa shape index (κ3) is 4.20. The average molecular weight is 471 g/mol. The molecule has 0 aliphatic carbocycles. The number of rotatable bonds is 7. The number of hydrogen-bond acceptors (Lipinski definition) is 7. The van der Waals surface area contributed by atoms with Crippen LogP contribution in [-0.2, 0) is 10.5 Å². The molecule has 0 saturated heterocycles. The van der Waals surface area contributed by atoms with Crippen molar-refractivity contribution < 1.29 is 14.3 Å². The van der Waals surface area contributed by atoms with Gasteiger partial charge in [-0.25, -0.2) is 4.68 Å². The molecule has 1 aromatic heterocycles. The maximum Gasteiger partial charge on any atom is 0.227 e. The molecule has 0 fully saturated rings. The lowest BCUT2D eigenvalue weighted by atomic mass is 9.93. The number of benzene rings is 2. The van der Waals surface area contributed by atoms with Gasteiger partial charge in [0.25, 0.3) is 0 Å². The predicted octanol–water partition coefficient (Wildman–Crippen LogP) is 5.12. The smallest absolute Gasteiger partial charge is 0.227 e. The Bertz CT molecular complexity index is 1210. The number of aromatic nitrogens is 3. The minimum absolute atomic E-state index is 0.0406. The molecule has 1 unspecified atom stereocenters. The number of carbonyl (C=O) groups excluding carboxylic acids is 1. The highest BCUT2D eigenvalue weighted by atomic mass is 35.5. The van der Waals surface area contributed by atoms with Crippen LogP contribution in [0, 0.1) is 0 Å². The first-order valence-electron chi connectivity index (χ1n) is 9.96. The summed E-state index contributed by atoms with van der Waals surface area (Å²) in [6.07, 6.45) is 0. The number of ketones is 1. The fraction of sp³-hybridized carbons (Fsp3) is 0.261. The van der Waals surface area contributed by atoms with Crippen molar-refractivity contribution >= 4 is 35.1 Å². The molecule has 32 heavy (non-hydrogen) atoms. The number of ether oxygens (including phenoxy) is 2. The summed E-state index contributed by atoms with van der Waals surface area (Å²) in [6.45, 7) is 3.43. The van der Waals surface area contributed by atoms with E-state index in [0.29, 0.717) is 39.0 Å². The number of nitrogens with one attached hydrogen (secondary N) is 1. The van der Waals surface area contributed by atoms with E-state index in [0.717, 1.165) is 16.8 Å². The fourth-order valence-electron chi connectivity index (χ4n) is 3.74. The number of thioether (sulfide) groups is 1. The molecule has 9 heteroatoms. The van der Waals surface area contributed by atoms with Crippen molar-refractivity contribution in [1.82, 2.24) is 14.8 Å². The van der Waals surface area contributed by atoms with Gasteiger partial charge in [0, 0.05) is 22.0 Å². The van der Waals surface area contributed by atoms with E-state index in [2.05, 4.69) is 10.3 Å². The molecule has 1 atom stereocenters. The van der Waals surface area contributed by atoms with Crippen molar-refractivity contribution in [1.29, 1.82) is 0 Å². The second-order valence-electron chi connectivity index (χ2n) is 7.28. The Hall–Kier alpha value is -2.97. The van der Waals surface area contributed by atoms with E-state index in [1.54, 1.807) is 25.8 Å². The van der Waals surface area contributed by atoms with E-state index < -0.39 is 6.04 Å². The van der Waals surface area contributed by atoms with Gasteiger partial charge in [-0.2, -0.15) is 4.98 Å². The van der Waals surface area contributed by atoms with Gasteiger partial charge in [-0.05, 0) is 43.2 Å². The standard InChI is InChI=1S/C23H23ClN4O3S/c1-13-20(14(2)29)21(15-9-10-18(30-3)19(11-15)31-4)28-22(25-13)26-23(27-28)32-12-16-7-5-6-8-17(16)24/h5-11,21H,12H2,1-4H3,(H,25,26,27). The Labute approximate surface area is 195 Å². The molecule has 0 bridgehead atoms. The SMILES string of the molecule is COc1ccc(C2C(C(C)=O)=C(C)Nc3nc(SCc4ccccc4Cl)nn32)cc1OC. The summed E-state index contributed by atoms with van der Waals surface area (Å²) in [5.74, 6) is 2.37. The number of allylic oxidation sites excluding steroid dienone is 2. The first kappa shape index (κ1) is 22.2. The molecule has 3 aromatic rings. The molecule has 1 aliphatic heterocycles. The number of nitrogens with zero attached hydrogens (tertiary/aromatic N) is 3. The van der Waals surface area contributed by atoms with Crippen LogP contribution in [0.15, 0.2) is 58.9 Å². The normalized spacial score (nSPS) is 15.2. The van der Waals surface area contributed by atoms with Crippen LogP contribution in [0.25, 0.3) is 0 Å². The molecule has 166 valence electrons. The maximum atomic E-state index is 12.6. The average Bonchev–Trinajstić information content (AvgIpc) is 3.19. The van der Waals surface area contributed by atoms with Crippen molar-refractivity contribution in [3.05, 3.63) is 69.9 Å². The van der Waals surface area contributed by atoms with Crippen LogP contribution >= 0.6 is 23.4 Å². The maximum absolute atomic E-state index is 12.6. The summed E-state index contributed by atoms with van der Waals surface area (Å²) in [6, 6.07) is 12.9. The van der Waals surface area contributed by atoms with Gasteiger partial charge < -0.3 is 14.8 Å². The number of methoxy groups -OCH3 is 2. The summed E-state index contributed by atoms with van der Waals surface area (Å²) < 4.78 is 12.6. The summed E-state index contributed by atoms with van der Waals surface area (Å²) >= 11 is 7.77. The lowest BCUT2D eigenvalue weighted by Crippen LogP contribution is -2.27. The molecule has 0 amide bonds. The molecule has 0 saturated carbocycles. The highest BCUT2D eigenvalue weighted by Crippen LogP contribution is 2.39. The number of hydrogen-bond donors (Lipinski definition) is 1. The molecule has 0 radical (unpaired) electrons. The van der Waals surface area contributed by atoms with Crippen LogP contribution < -0.4 is 14.8 Å². The van der Waals surface area contributed by atoms with Crippen LogP contribution in [0.5, 0.6) is 11.5 Å². The van der Waals surface area contributed by atoms with Gasteiger partial charge in [-0.15, -0.1) is 5.10 Å². The zero-order valence-corrected chi connectivity index (χ0v) is 19.8. The van der Waals surface area contributed by atoms with E-state index >= 15 is 0 Å². The van der Waals surface area contributed by atoms with Crippen molar-refractivity contribution in [3.63, 3.8) is 0 Å². The van der Waals surface area contributed by atoms with Gasteiger partial charge >= 0.3 is 0 Å². The molecule has 2 heterocycles. The van der Waals surface area contributed by atoms with Crippen molar-refractivity contribution in [3.8, 4) is 11.5 Å². The summed E-state index contributed by atoms with van der Waals surface area (Å²) in [4.78, 5) is 17.3. The van der Waals surface area contributed by atoms with E-state index in [1.807, 2.05) is 49.4 Å². The van der Waals surface area contributed by atoms with Gasteiger partial charge in [0.05, 0.1) is 14.2 Å². The quantitative estimate of drug-likeness (QED) is 0.480. The monoisotopic (exact) mass is 470 g/mol. The zero-order chi connectivity index (χ0) is 22.8. The van der Waals surface area contributed by atoms with Crippen LogP contribution in [0.1, 0.15) is 31.0 Å². The van der Waals surface area contributed by atoms with Crippen LogP contribution in [0.4, 0.5) is 5.95 Å². The van der Waals surface area contributed by atoms with E-state index in [-0.39, 0.29) is 5.78 Å². The fourth-order valence-corrected chi connectivity index (χ4v) is 4.85. The summed E-state index contributed by atoms with van der Waals surface area (Å²) in [5.41, 5.74) is 3.23. The van der Waals surface area contributed by atoms with Gasteiger partial charge in [0.1, 0.15) is 6.04 Å². The molecule has 1 N–H and O–H groups in total. The number of Topliss-reactive ketones (excluding diaryl/α,β-unsaturated/α-hetero) is 1. The zero-order valence-electron chi connectivity index (χ0n) is 18.2. The van der Waals surface area contributed by atoms with Gasteiger partial charge in [0.15, 0.2) is 17.3 Å². The highest BCUT2D eigenvalue weighted by molar-refractivity contribution is 7.98. The van der Waals surface area contributed by atoms with Crippen molar-refractivity contribution in [2.75, 3.05) is 19.5 Å². The molecule has 2 aromatic carbocycles. The Kier molecular flexibility index (Phi) is 6.43. The summed E-state index contributed by atoms with van der Waals surface area (Å²) in [5, 5.41) is 9.25. The topological polar surface area (TPSA) is 78.3 Å². The largest absolute Gasteiger partial charge is 0.493 e. The number of fused-ring (bicyclic) bond motifs is 1. The van der Waals surface area contributed by atoms with Crippen LogP contribution in [-0.4, -0.2) is 34.8 Å².